The highest BCUT2D eigenvalue weighted by Crippen LogP contribution is 2.37. The predicted octanol–water partition coefficient (Wildman–Crippen LogP) is 0.963. The molecule has 0 spiro atoms. The Morgan fingerprint density at radius 2 is 2.00 bits per heavy atom. The molecule has 0 saturated heterocycles. The molecule has 0 aliphatic carbocycles. The third-order valence-electron chi connectivity index (χ3n) is 2.80. The summed E-state index contributed by atoms with van der Waals surface area (Å²) < 4.78 is 39.1. The molecule has 1 heterocycles. The Morgan fingerprint density at radius 1 is 1.39 bits per heavy atom. The van der Waals surface area contributed by atoms with E-state index in [9.17, 15) is 27.6 Å². The number of rotatable bonds is 7. The lowest BCUT2D eigenvalue weighted by Crippen LogP contribution is -2.42. The highest BCUT2D eigenvalue weighted by molar-refractivity contribution is 5.88. The number of hydrogen-bond donors (Lipinski definition) is 3. The molecule has 1 rings (SSSR count). The van der Waals surface area contributed by atoms with Crippen LogP contribution in [0.5, 0.6) is 0 Å². The summed E-state index contributed by atoms with van der Waals surface area (Å²) in [6.45, 7) is 0. The summed E-state index contributed by atoms with van der Waals surface area (Å²) in [6.07, 6.45) is -5.50. The number of carboxylic acid groups (broad SMARTS) is 2. The Labute approximate surface area is 127 Å². The van der Waals surface area contributed by atoms with E-state index < -0.39 is 48.4 Å². The van der Waals surface area contributed by atoms with Gasteiger partial charge in [0, 0.05) is 6.42 Å². The number of pyridine rings is 1. The minimum absolute atomic E-state index is 0.144. The van der Waals surface area contributed by atoms with Gasteiger partial charge in [0.05, 0.1) is 11.9 Å². The Hall–Kier alpha value is -2.85. The lowest BCUT2D eigenvalue weighted by Gasteiger charge is -2.26. The van der Waals surface area contributed by atoms with Gasteiger partial charge in [-0.3, -0.25) is 14.5 Å². The van der Waals surface area contributed by atoms with Crippen LogP contribution >= 0.6 is 0 Å². The smallest absolute Gasteiger partial charge is 0.420 e. The molecule has 1 atom stereocenters. The summed E-state index contributed by atoms with van der Waals surface area (Å²) in [5, 5.41) is 17.6. The zero-order chi connectivity index (χ0) is 17.8. The molecule has 1 amide bonds. The number of carboxylic acids is 2. The molecule has 23 heavy (non-hydrogen) atoms. The van der Waals surface area contributed by atoms with Crippen LogP contribution in [0.2, 0.25) is 0 Å². The van der Waals surface area contributed by atoms with Crippen molar-refractivity contribution in [2.24, 2.45) is 0 Å². The lowest BCUT2D eigenvalue weighted by atomic mass is 10.1. The molecular formula is C12H12F3N3O5. The van der Waals surface area contributed by atoms with E-state index in [2.05, 4.69) is 4.98 Å². The molecule has 0 radical (unpaired) electrons. The van der Waals surface area contributed by atoms with Gasteiger partial charge in [0.1, 0.15) is 17.4 Å². The summed E-state index contributed by atoms with van der Waals surface area (Å²) in [5.74, 6) is -3.98. The first-order chi connectivity index (χ1) is 10.6. The van der Waals surface area contributed by atoms with Crippen molar-refractivity contribution >= 4 is 29.9 Å². The van der Waals surface area contributed by atoms with Crippen LogP contribution in [0, 0.1) is 0 Å². The van der Waals surface area contributed by atoms with Gasteiger partial charge in [0.25, 0.3) is 0 Å². The number of aliphatic carboxylic acids is 2. The predicted molar refractivity (Wildman–Crippen MR) is 70.5 cm³/mol. The first kappa shape index (κ1) is 18.2. The number of nitrogens with two attached hydrogens (primary N) is 1. The first-order valence-electron chi connectivity index (χ1n) is 6.09. The molecule has 4 N–H and O–H groups in total. The number of nitrogens with zero attached hydrogens (tertiary/aromatic N) is 2. The summed E-state index contributed by atoms with van der Waals surface area (Å²) >= 11 is 0. The monoisotopic (exact) mass is 335 g/mol. The molecule has 126 valence electrons. The van der Waals surface area contributed by atoms with E-state index in [0.29, 0.717) is 6.07 Å². The molecular weight excluding hydrogens is 323 g/mol. The van der Waals surface area contributed by atoms with Crippen molar-refractivity contribution in [3.05, 3.63) is 17.8 Å². The first-order valence-corrected chi connectivity index (χ1v) is 6.09. The molecule has 0 aromatic carbocycles. The van der Waals surface area contributed by atoms with Crippen molar-refractivity contribution in [1.82, 2.24) is 4.98 Å². The fraction of sp³-hybridized carbons (Fsp3) is 0.333. The van der Waals surface area contributed by atoms with Gasteiger partial charge in [-0.15, -0.1) is 0 Å². The SMILES string of the molecule is Nc1cnc(N(C=O)[C@@H](CCC(=O)O)C(=O)O)c(C(F)(F)F)c1. The quantitative estimate of drug-likeness (QED) is 0.632. The van der Waals surface area contributed by atoms with Crippen LogP contribution in [0.1, 0.15) is 18.4 Å². The maximum atomic E-state index is 13.0. The number of hydrogen-bond acceptors (Lipinski definition) is 5. The fourth-order valence-electron chi connectivity index (χ4n) is 1.80. The molecule has 0 fully saturated rings. The number of amides is 1. The third-order valence-corrected chi connectivity index (χ3v) is 2.80. The summed E-state index contributed by atoms with van der Waals surface area (Å²) in [6, 6.07) is -1.31. The van der Waals surface area contributed by atoms with Gasteiger partial charge in [-0.2, -0.15) is 13.2 Å². The van der Waals surface area contributed by atoms with Gasteiger partial charge < -0.3 is 15.9 Å². The van der Waals surface area contributed by atoms with Crippen LogP contribution in [0.15, 0.2) is 12.3 Å². The summed E-state index contributed by atoms with van der Waals surface area (Å²) in [7, 11) is 0. The van der Waals surface area contributed by atoms with E-state index in [1.165, 1.54) is 0 Å². The van der Waals surface area contributed by atoms with Crippen molar-refractivity contribution in [2.45, 2.75) is 25.1 Å². The number of anilines is 2. The Morgan fingerprint density at radius 3 is 2.43 bits per heavy atom. The number of aromatic nitrogens is 1. The second-order valence-corrected chi connectivity index (χ2v) is 4.44. The van der Waals surface area contributed by atoms with Gasteiger partial charge in [0.2, 0.25) is 6.41 Å². The molecule has 0 saturated carbocycles. The van der Waals surface area contributed by atoms with E-state index in [1.807, 2.05) is 0 Å². The standard InChI is InChI=1S/C12H12F3N3O5/c13-12(14,15)7-3-6(16)4-17-10(7)18(5-19)8(11(22)23)1-2-9(20)21/h3-5,8H,1-2,16H2,(H,20,21)(H,22,23)/t8-/m0/s1. The van der Waals surface area contributed by atoms with E-state index in [-0.39, 0.29) is 17.0 Å². The molecule has 0 unspecified atom stereocenters. The van der Waals surface area contributed by atoms with Gasteiger partial charge in [-0.25, -0.2) is 9.78 Å². The number of carbonyl (C=O) groups excluding carboxylic acids is 1. The van der Waals surface area contributed by atoms with Crippen LogP contribution in [0.4, 0.5) is 24.7 Å². The zero-order valence-corrected chi connectivity index (χ0v) is 11.4. The van der Waals surface area contributed by atoms with Crippen molar-refractivity contribution in [2.75, 3.05) is 10.6 Å². The second kappa shape index (κ2) is 6.94. The third kappa shape index (κ3) is 4.56. The van der Waals surface area contributed by atoms with E-state index >= 15 is 0 Å². The Balaban J connectivity index is 3.35. The molecule has 8 nitrogen and oxygen atoms in total. The van der Waals surface area contributed by atoms with Gasteiger partial charge in [-0.1, -0.05) is 0 Å². The number of nitrogen functional groups attached to an aromatic ring is 1. The Kier molecular flexibility index (Phi) is 5.49. The second-order valence-electron chi connectivity index (χ2n) is 4.44. The van der Waals surface area contributed by atoms with Gasteiger partial charge in [-0.05, 0) is 12.5 Å². The summed E-state index contributed by atoms with van der Waals surface area (Å²) in [5.41, 5.74) is 3.51. The molecule has 1 aromatic rings. The largest absolute Gasteiger partial charge is 0.481 e. The maximum Gasteiger partial charge on any atom is 0.420 e. The molecule has 0 aliphatic rings. The van der Waals surface area contributed by atoms with Crippen molar-refractivity contribution < 1.29 is 37.8 Å². The number of carbonyl (C=O) groups is 3. The van der Waals surface area contributed by atoms with Gasteiger partial charge >= 0.3 is 18.1 Å². The maximum absolute atomic E-state index is 13.0. The Bertz CT molecular complexity index is 620. The van der Waals surface area contributed by atoms with Crippen LogP contribution in [0.3, 0.4) is 0 Å². The molecule has 0 aliphatic heterocycles. The minimum atomic E-state index is -4.94. The van der Waals surface area contributed by atoms with E-state index in [4.69, 9.17) is 15.9 Å². The lowest BCUT2D eigenvalue weighted by molar-refractivity contribution is -0.142. The molecule has 0 bridgehead atoms. The van der Waals surface area contributed by atoms with Gasteiger partial charge in [0.15, 0.2) is 0 Å². The van der Waals surface area contributed by atoms with Crippen LogP contribution in [-0.4, -0.2) is 39.6 Å². The van der Waals surface area contributed by atoms with Crippen molar-refractivity contribution in [1.29, 1.82) is 0 Å². The highest BCUT2D eigenvalue weighted by Gasteiger charge is 2.39. The number of alkyl halides is 3. The topological polar surface area (TPSA) is 134 Å². The average Bonchev–Trinajstić information content (AvgIpc) is 2.42. The average molecular weight is 335 g/mol. The highest BCUT2D eigenvalue weighted by atomic mass is 19.4. The van der Waals surface area contributed by atoms with Crippen molar-refractivity contribution in [3.8, 4) is 0 Å². The van der Waals surface area contributed by atoms with Crippen LogP contribution < -0.4 is 10.6 Å². The minimum Gasteiger partial charge on any atom is -0.481 e. The zero-order valence-electron chi connectivity index (χ0n) is 11.4. The van der Waals surface area contributed by atoms with E-state index in [0.717, 1.165) is 6.20 Å². The van der Waals surface area contributed by atoms with E-state index in [1.54, 1.807) is 0 Å². The molecule has 11 heteroatoms. The van der Waals surface area contributed by atoms with Crippen LogP contribution in [-0.2, 0) is 20.6 Å². The summed E-state index contributed by atoms with van der Waals surface area (Å²) in [4.78, 5) is 36.5. The van der Waals surface area contributed by atoms with Crippen LogP contribution in [0.25, 0.3) is 0 Å². The fourth-order valence-corrected chi connectivity index (χ4v) is 1.80. The normalized spacial score (nSPS) is 12.5. The number of halogens is 3. The molecule has 1 aromatic heterocycles. The van der Waals surface area contributed by atoms with Crippen molar-refractivity contribution in [3.63, 3.8) is 0 Å².